The maximum atomic E-state index is 12.2. The molecule has 1 aromatic rings. The van der Waals surface area contributed by atoms with Crippen molar-refractivity contribution in [3.63, 3.8) is 0 Å². The molecule has 1 aromatic carbocycles. The summed E-state index contributed by atoms with van der Waals surface area (Å²) in [4.78, 5) is 0.127. The van der Waals surface area contributed by atoms with Gasteiger partial charge in [-0.2, -0.15) is 0 Å². The van der Waals surface area contributed by atoms with Crippen molar-refractivity contribution in [2.45, 2.75) is 31.2 Å². The molecule has 0 bridgehead atoms. The van der Waals surface area contributed by atoms with E-state index in [1.165, 1.54) is 12.1 Å². The Labute approximate surface area is 113 Å². The van der Waals surface area contributed by atoms with E-state index >= 15 is 0 Å². The first-order chi connectivity index (χ1) is 8.45. The van der Waals surface area contributed by atoms with E-state index in [9.17, 15) is 13.5 Å². The maximum Gasteiger partial charge on any atom is 0.256 e. The van der Waals surface area contributed by atoms with E-state index in [0.717, 1.165) is 10.2 Å². The van der Waals surface area contributed by atoms with Crippen LogP contribution in [0.25, 0.3) is 0 Å². The molecule has 4 nitrogen and oxygen atoms in total. The second kappa shape index (κ2) is 6.52. The fourth-order valence-corrected chi connectivity index (χ4v) is 3.41. The van der Waals surface area contributed by atoms with Crippen LogP contribution in [0.3, 0.4) is 0 Å². The van der Waals surface area contributed by atoms with Gasteiger partial charge in [0, 0.05) is 0 Å². The van der Waals surface area contributed by atoms with E-state index in [4.69, 9.17) is 11.8 Å². The van der Waals surface area contributed by atoms with Crippen LogP contribution in [-0.2, 0) is 10.0 Å². The van der Waals surface area contributed by atoms with Gasteiger partial charge >= 0.3 is 0 Å². The monoisotopic (exact) mass is 291 g/mol. The molecule has 0 saturated heterocycles. The molecule has 0 radical (unpaired) electrons. The average molecular weight is 292 g/mol. The minimum absolute atomic E-state index is 0.0222. The first-order valence-corrected chi connectivity index (χ1v) is 7.59. The number of sulfonamides is 1. The number of benzene rings is 1. The van der Waals surface area contributed by atoms with Gasteiger partial charge in [-0.3, -0.25) is 0 Å². The second-order valence-corrected chi connectivity index (χ2v) is 6.58. The zero-order valence-corrected chi connectivity index (χ0v) is 12.0. The lowest BCUT2D eigenvalue weighted by molar-refractivity contribution is 0.184. The quantitative estimate of drug-likeness (QED) is 0.818. The van der Waals surface area contributed by atoms with Crippen molar-refractivity contribution < 1.29 is 13.5 Å². The highest BCUT2D eigenvalue weighted by atomic mass is 35.5. The predicted molar refractivity (Wildman–Crippen MR) is 71.6 cm³/mol. The molecule has 0 heterocycles. The molecule has 1 N–H and O–H groups in total. The van der Waals surface area contributed by atoms with Gasteiger partial charge in [0.15, 0.2) is 0 Å². The van der Waals surface area contributed by atoms with Crippen molar-refractivity contribution in [2.75, 3.05) is 6.61 Å². The summed E-state index contributed by atoms with van der Waals surface area (Å²) in [5.74, 6) is -0.0222. The van der Waals surface area contributed by atoms with Gasteiger partial charge < -0.3 is 5.11 Å². The van der Waals surface area contributed by atoms with Crippen LogP contribution in [-0.4, -0.2) is 30.0 Å². The largest absolute Gasteiger partial charge is 0.395 e. The number of aliphatic hydroxyl groups excluding tert-OH is 1. The van der Waals surface area contributed by atoms with Crippen LogP contribution in [0, 0.1) is 5.92 Å². The summed E-state index contributed by atoms with van der Waals surface area (Å²) in [5, 5.41) is 9.32. The first-order valence-electron chi connectivity index (χ1n) is 5.81. The molecular formula is C12H18ClNO3S. The lowest BCUT2D eigenvalue weighted by atomic mass is 10.0. The number of rotatable bonds is 6. The van der Waals surface area contributed by atoms with E-state index in [1.807, 2.05) is 13.8 Å². The Morgan fingerprint density at radius 2 is 1.89 bits per heavy atom. The van der Waals surface area contributed by atoms with Gasteiger partial charge in [-0.15, -0.1) is 3.82 Å². The SMILES string of the molecule is CC[C@H](C)C(CO)N(Cl)S(=O)(=O)c1ccccc1. The standard InChI is InChI=1S/C12H18ClNO3S/c1-3-10(2)12(9-15)14(13)18(16,17)11-7-5-4-6-8-11/h4-8,10,12,15H,3,9H2,1-2H3/t10-,12?/m0/s1. The minimum Gasteiger partial charge on any atom is -0.395 e. The highest BCUT2D eigenvalue weighted by Gasteiger charge is 2.32. The number of aliphatic hydroxyl groups is 1. The lowest BCUT2D eigenvalue weighted by Crippen LogP contribution is -2.40. The molecule has 0 fully saturated rings. The van der Waals surface area contributed by atoms with Crippen LogP contribution in [0.2, 0.25) is 0 Å². The van der Waals surface area contributed by atoms with E-state index < -0.39 is 16.1 Å². The van der Waals surface area contributed by atoms with E-state index in [2.05, 4.69) is 0 Å². The van der Waals surface area contributed by atoms with Crippen molar-refractivity contribution >= 4 is 21.8 Å². The summed E-state index contributed by atoms with van der Waals surface area (Å²) in [6.45, 7) is 3.48. The molecule has 0 aliphatic carbocycles. The Hall–Kier alpha value is -0.620. The van der Waals surface area contributed by atoms with E-state index in [1.54, 1.807) is 18.2 Å². The first kappa shape index (κ1) is 15.4. The van der Waals surface area contributed by atoms with Gasteiger partial charge in [-0.1, -0.05) is 38.5 Å². The van der Waals surface area contributed by atoms with Crippen LogP contribution in [0.4, 0.5) is 0 Å². The predicted octanol–water partition coefficient (Wildman–Crippen LogP) is 2.24. The molecule has 0 aromatic heterocycles. The Bertz CT molecular complexity index is 463. The molecule has 0 aliphatic heterocycles. The highest BCUT2D eigenvalue weighted by Crippen LogP contribution is 2.25. The Morgan fingerprint density at radius 1 is 1.33 bits per heavy atom. The molecule has 102 valence electrons. The molecule has 2 atom stereocenters. The number of hydrogen-bond acceptors (Lipinski definition) is 3. The molecule has 0 aliphatic rings. The number of halogens is 1. The van der Waals surface area contributed by atoms with Gasteiger partial charge in [-0.25, -0.2) is 8.42 Å². The van der Waals surface area contributed by atoms with Crippen molar-refractivity contribution in [1.29, 1.82) is 0 Å². The van der Waals surface area contributed by atoms with Crippen molar-refractivity contribution in [1.82, 2.24) is 3.82 Å². The minimum atomic E-state index is -3.77. The zero-order valence-electron chi connectivity index (χ0n) is 10.5. The fraction of sp³-hybridized carbons (Fsp3) is 0.500. The normalized spacial score (nSPS) is 15.6. The number of nitrogens with zero attached hydrogens (tertiary/aromatic N) is 1. The molecule has 18 heavy (non-hydrogen) atoms. The highest BCUT2D eigenvalue weighted by molar-refractivity contribution is 7.90. The summed E-state index contributed by atoms with van der Waals surface area (Å²) in [6, 6.07) is 7.34. The van der Waals surface area contributed by atoms with Crippen molar-refractivity contribution in [2.24, 2.45) is 5.92 Å². The molecular weight excluding hydrogens is 274 g/mol. The topological polar surface area (TPSA) is 57.6 Å². The van der Waals surface area contributed by atoms with Gasteiger partial charge in [0.05, 0.1) is 17.5 Å². The summed E-state index contributed by atoms with van der Waals surface area (Å²) in [6.07, 6.45) is 0.735. The fourth-order valence-electron chi connectivity index (χ4n) is 1.59. The third-order valence-electron chi connectivity index (χ3n) is 3.02. The molecule has 6 heteroatoms. The molecule has 0 spiro atoms. The average Bonchev–Trinajstić information content (AvgIpc) is 2.40. The maximum absolute atomic E-state index is 12.2. The van der Waals surface area contributed by atoms with Crippen LogP contribution in [0.1, 0.15) is 20.3 Å². The summed E-state index contributed by atoms with van der Waals surface area (Å²) < 4.78 is 25.2. The molecule has 1 unspecified atom stereocenters. The zero-order chi connectivity index (χ0) is 13.8. The van der Waals surface area contributed by atoms with Crippen LogP contribution in [0.15, 0.2) is 35.2 Å². The van der Waals surface area contributed by atoms with Gasteiger partial charge in [0.2, 0.25) is 0 Å². The van der Waals surface area contributed by atoms with E-state index in [0.29, 0.717) is 0 Å². The molecule has 0 amide bonds. The third-order valence-corrected chi connectivity index (χ3v) is 5.41. The Morgan fingerprint density at radius 3 is 2.33 bits per heavy atom. The summed E-state index contributed by atoms with van der Waals surface area (Å²) in [7, 11) is -3.77. The van der Waals surface area contributed by atoms with Crippen LogP contribution < -0.4 is 0 Å². The second-order valence-electron chi connectivity index (χ2n) is 4.20. The van der Waals surface area contributed by atoms with Crippen LogP contribution in [0.5, 0.6) is 0 Å². The Kier molecular flexibility index (Phi) is 5.59. The molecule has 0 saturated carbocycles. The molecule has 1 rings (SSSR count). The smallest absolute Gasteiger partial charge is 0.256 e. The van der Waals surface area contributed by atoms with Gasteiger partial charge in [-0.05, 0) is 29.8 Å². The van der Waals surface area contributed by atoms with Crippen molar-refractivity contribution in [3.05, 3.63) is 30.3 Å². The lowest BCUT2D eigenvalue weighted by Gasteiger charge is -2.27. The van der Waals surface area contributed by atoms with E-state index in [-0.39, 0.29) is 17.4 Å². The summed E-state index contributed by atoms with van der Waals surface area (Å²) in [5.41, 5.74) is 0. The van der Waals surface area contributed by atoms with Crippen LogP contribution >= 0.6 is 11.8 Å². The Balaban J connectivity index is 3.05. The third kappa shape index (κ3) is 3.23. The van der Waals surface area contributed by atoms with Gasteiger partial charge in [0.1, 0.15) is 0 Å². The number of hydrogen-bond donors (Lipinski definition) is 1. The van der Waals surface area contributed by atoms with Gasteiger partial charge in [0.25, 0.3) is 10.0 Å². The summed E-state index contributed by atoms with van der Waals surface area (Å²) >= 11 is 5.93. The van der Waals surface area contributed by atoms with Crippen molar-refractivity contribution in [3.8, 4) is 0 Å².